The summed E-state index contributed by atoms with van der Waals surface area (Å²) in [5, 5.41) is 21.0. The molecule has 1 heterocycles. The molecule has 0 saturated carbocycles. The van der Waals surface area contributed by atoms with Crippen LogP contribution in [0.3, 0.4) is 0 Å². The Balaban J connectivity index is 1.59. The first-order chi connectivity index (χ1) is 16.8. The summed E-state index contributed by atoms with van der Waals surface area (Å²) in [6.45, 7) is 3.80. The number of aromatic nitrogens is 3. The second-order valence-electron chi connectivity index (χ2n) is 7.90. The summed E-state index contributed by atoms with van der Waals surface area (Å²) in [6, 6.07) is 20.5. The molecule has 0 radical (unpaired) electrons. The normalized spacial score (nSPS) is 11.9. The summed E-state index contributed by atoms with van der Waals surface area (Å²) in [5.74, 6) is 1.17. The van der Waals surface area contributed by atoms with E-state index in [1.165, 1.54) is 11.8 Å². The molecule has 0 amide bonds. The van der Waals surface area contributed by atoms with Gasteiger partial charge in [0.25, 0.3) is 0 Å². The van der Waals surface area contributed by atoms with Gasteiger partial charge in [-0.05, 0) is 55.3 Å². The Labute approximate surface area is 217 Å². The highest BCUT2D eigenvalue weighted by Crippen LogP contribution is 2.39. The van der Waals surface area contributed by atoms with Gasteiger partial charge in [-0.1, -0.05) is 71.4 Å². The van der Waals surface area contributed by atoms with Crippen LogP contribution in [0.25, 0.3) is 5.69 Å². The van der Waals surface area contributed by atoms with Gasteiger partial charge in [0.15, 0.2) is 5.16 Å². The predicted molar refractivity (Wildman–Crippen MR) is 139 cm³/mol. The molecule has 4 rings (SSSR count). The lowest BCUT2D eigenvalue weighted by Gasteiger charge is -2.16. The number of nitro groups is 1. The molecule has 0 unspecified atom stereocenters. The van der Waals surface area contributed by atoms with E-state index in [-0.39, 0.29) is 18.1 Å². The molecule has 1 aromatic heterocycles. The fourth-order valence-corrected chi connectivity index (χ4v) is 5.16. The Morgan fingerprint density at radius 1 is 1.03 bits per heavy atom. The molecular formula is C25H22Cl2N4O3S. The van der Waals surface area contributed by atoms with Gasteiger partial charge in [-0.2, -0.15) is 0 Å². The number of nitrogens with zero attached hydrogens (tertiary/aromatic N) is 4. The lowest BCUT2D eigenvalue weighted by Crippen LogP contribution is -2.11. The van der Waals surface area contributed by atoms with E-state index in [2.05, 4.69) is 10.2 Å². The third-order valence-corrected chi connectivity index (χ3v) is 7.13. The van der Waals surface area contributed by atoms with Crippen LogP contribution in [0.5, 0.6) is 5.75 Å². The fraction of sp³-hybridized carbons (Fsp3) is 0.200. The zero-order chi connectivity index (χ0) is 24.9. The zero-order valence-corrected chi connectivity index (χ0v) is 21.3. The molecule has 0 aliphatic rings. The molecule has 0 fully saturated rings. The fourth-order valence-electron chi connectivity index (χ4n) is 3.56. The van der Waals surface area contributed by atoms with Crippen LogP contribution >= 0.6 is 35.0 Å². The molecule has 0 aliphatic heterocycles. The van der Waals surface area contributed by atoms with Gasteiger partial charge in [0.1, 0.15) is 23.4 Å². The topological polar surface area (TPSA) is 83.1 Å². The number of benzene rings is 3. The molecule has 1 atom stereocenters. The van der Waals surface area contributed by atoms with Crippen molar-refractivity contribution in [1.29, 1.82) is 0 Å². The maximum absolute atomic E-state index is 11.5. The number of hydrogen-bond donors (Lipinski definition) is 0. The van der Waals surface area contributed by atoms with Crippen molar-refractivity contribution in [3.63, 3.8) is 0 Å². The van der Waals surface area contributed by atoms with Crippen LogP contribution in [0.4, 0.5) is 0 Å². The molecule has 0 bridgehead atoms. The first kappa shape index (κ1) is 25.0. The van der Waals surface area contributed by atoms with Crippen LogP contribution in [0.15, 0.2) is 71.9 Å². The monoisotopic (exact) mass is 528 g/mol. The Hall–Kier alpha value is -3.07. The lowest BCUT2D eigenvalue weighted by atomic mass is 10.1. The minimum Gasteiger partial charge on any atom is -0.487 e. The number of hydrogen-bond acceptors (Lipinski definition) is 6. The van der Waals surface area contributed by atoms with E-state index in [4.69, 9.17) is 27.9 Å². The number of halogens is 2. The minimum absolute atomic E-state index is 0.255. The first-order valence-corrected chi connectivity index (χ1v) is 12.4. The third-order valence-electron chi connectivity index (χ3n) is 5.29. The van der Waals surface area contributed by atoms with Crippen molar-refractivity contribution in [2.45, 2.75) is 30.9 Å². The highest BCUT2D eigenvalue weighted by atomic mass is 35.5. The third kappa shape index (κ3) is 6.14. The maximum Gasteiger partial charge on any atom is 0.220 e. The minimum atomic E-state index is -0.535. The van der Waals surface area contributed by atoms with Crippen molar-refractivity contribution in [3.8, 4) is 11.4 Å². The van der Waals surface area contributed by atoms with Crippen LogP contribution in [0.2, 0.25) is 10.0 Å². The number of ether oxygens (including phenoxy) is 1. The van der Waals surface area contributed by atoms with Crippen LogP contribution < -0.4 is 4.74 Å². The number of aryl methyl sites for hydroxylation is 2. The van der Waals surface area contributed by atoms with Gasteiger partial charge in [0.05, 0.1) is 5.02 Å². The molecule has 7 nitrogen and oxygen atoms in total. The average Bonchev–Trinajstić information content (AvgIpc) is 3.18. The first-order valence-electron chi connectivity index (χ1n) is 10.7. The maximum atomic E-state index is 11.5. The van der Waals surface area contributed by atoms with Crippen LogP contribution in [-0.2, 0) is 6.61 Å². The SMILES string of the molecule is Cc1cccc(-n2c(C)nnc2S[C@@H](C[N+](=O)[O-])c2ccc(OCc3ccccc3Cl)c(Cl)c2)c1. The van der Waals surface area contributed by atoms with Crippen molar-refractivity contribution in [1.82, 2.24) is 14.8 Å². The summed E-state index contributed by atoms with van der Waals surface area (Å²) >= 11 is 14.0. The highest BCUT2D eigenvalue weighted by molar-refractivity contribution is 7.99. The van der Waals surface area contributed by atoms with Gasteiger partial charge in [-0.15, -0.1) is 10.2 Å². The molecule has 4 aromatic rings. The van der Waals surface area contributed by atoms with Crippen LogP contribution in [0.1, 0.15) is 27.8 Å². The van der Waals surface area contributed by atoms with Gasteiger partial charge in [0, 0.05) is 21.2 Å². The summed E-state index contributed by atoms with van der Waals surface area (Å²) in [6.07, 6.45) is 0. The number of thioether (sulfide) groups is 1. The molecule has 35 heavy (non-hydrogen) atoms. The standard InChI is InChI=1S/C25H22Cl2N4O3S/c1-16-6-5-8-20(12-16)31-17(2)28-29-25(31)35-24(14-30(32)33)18-10-11-23(22(27)13-18)34-15-19-7-3-4-9-21(19)26/h3-13,24H,14-15H2,1-2H3/t24-/m0/s1. The van der Waals surface area contributed by atoms with E-state index in [1.807, 2.05) is 60.9 Å². The van der Waals surface area contributed by atoms with E-state index in [1.54, 1.807) is 24.3 Å². The average molecular weight is 529 g/mol. The Bertz CT molecular complexity index is 1360. The smallest absolute Gasteiger partial charge is 0.220 e. The Kier molecular flexibility index (Phi) is 7.95. The molecule has 0 N–H and O–H groups in total. The Morgan fingerprint density at radius 2 is 1.83 bits per heavy atom. The second-order valence-corrected chi connectivity index (χ2v) is 9.88. The quantitative estimate of drug-likeness (QED) is 0.134. The van der Waals surface area contributed by atoms with Gasteiger partial charge in [-0.25, -0.2) is 0 Å². The van der Waals surface area contributed by atoms with Crippen molar-refractivity contribution >= 4 is 35.0 Å². The van der Waals surface area contributed by atoms with Crippen molar-refractivity contribution < 1.29 is 9.66 Å². The number of rotatable bonds is 9. The van der Waals surface area contributed by atoms with E-state index < -0.39 is 5.25 Å². The van der Waals surface area contributed by atoms with Crippen molar-refractivity contribution in [2.24, 2.45) is 0 Å². The predicted octanol–water partition coefficient (Wildman–Crippen LogP) is 6.88. The van der Waals surface area contributed by atoms with Gasteiger partial charge < -0.3 is 4.74 Å². The highest BCUT2D eigenvalue weighted by Gasteiger charge is 2.24. The molecule has 0 spiro atoms. The van der Waals surface area contributed by atoms with Crippen LogP contribution in [-0.4, -0.2) is 26.2 Å². The van der Waals surface area contributed by atoms with E-state index in [9.17, 15) is 10.1 Å². The van der Waals surface area contributed by atoms with Gasteiger partial charge in [-0.3, -0.25) is 14.7 Å². The second kappa shape index (κ2) is 11.1. The van der Waals surface area contributed by atoms with E-state index >= 15 is 0 Å². The van der Waals surface area contributed by atoms with Crippen molar-refractivity contribution in [2.75, 3.05) is 6.54 Å². The molecule has 0 aliphatic carbocycles. The molecule has 3 aromatic carbocycles. The largest absolute Gasteiger partial charge is 0.487 e. The molecule has 180 valence electrons. The van der Waals surface area contributed by atoms with Crippen LogP contribution in [0, 0.1) is 24.0 Å². The van der Waals surface area contributed by atoms with Gasteiger partial charge in [0.2, 0.25) is 6.54 Å². The van der Waals surface area contributed by atoms with E-state index in [0.717, 1.165) is 16.8 Å². The van der Waals surface area contributed by atoms with E-state index in [0.29, 0.717) is 32.3 Å². The van der Waals surface area contributed by atoms with Crippen molar-refractivity contribution in [3.05, 3.63) is 109 Å². The summed E-state index contributed by atoms with van der Waals surface area (Å²) in [5.41, 5.74) is 3.52. The summed E-state index contributed by atoms with van der Waals surface area (Å²) < 4.78 is 7.74. The van der Waals surface area contributed by atoms with Gasteiger partial charge >= 0.3 is 0 Å². The molecule has 10 heteroatoms. The molecule has 0 saturated heterocycles. The molecular weight excluding hydrogens is 507 g/mol. The summed E-state index contributed by atoms with van der Waals surface area (Å²) in [4.78, 5) is 11.2. The Morgan fingerprint density at radius 3 is 2.54 bits per heavy atom. The lowest BCUT2D eigenvalue weighted by molar-refractivity contribution is -0.479. The zero-order valence-electron chi connectivity index (χ0n) is 19.0. The summed E-state index contributed by atoms with van der Waals surface area (Å²) in [7, 11) is 0.